The fourth-order valence-electron chi connectivity index (χ4n) is 2.78. The Labute approximate surface area is 159 Å². The highest BCUT2D eigenvalue weighted by Gasteiger charge is 2.32. The molecule has 0 fully saturated rings. The second kappa shape index (κ2) is 18.2. The topological polar surface area (TPSA) is 0 Å². The lowest BCUT2D eigenvalue weighted by Gasteiger charge is -2.23. The van der Waals surface area contributed by atoms with E-state index in [0.29, 0.717) is 0 Å². The van der Waals surface area contributed by atoms with Gasteiger partial charge >= 0.3 is 0 Å². The fraction of sp³-hybridized carbons (Fsp3) is 0.667. The van der Waals surface area contributed by atoms with Crippen molar-refractivity contribution in [3.05, 3.63) is 48.6 Å². The van der Waals surface area contributed by atoms with Crippen molar-refractivity contribution < 1.29 is 0 Å². The van der Waals surface area contributed by atoms with Crippen molar-refractivity contribution in [1.29, 1.82) is 0 Å². The predicted octanol–water partition coefficient (Wildman–Crippen LogP) is 8.43. The van der Waals surface area contributed by atoms with E-state index >= 15 is 0 Å². The molecular weight excluding hydrogens is 319 g/mol. The van der Waals surface area contributed by atoms with Crippen molar-refractivity contribution in [1.82, 2.24) is 0 Å². The summed E-state index contributed by atoms with van der Waals surface area (Å²) in [6, 6.07) is 0. The molecule has 0 saturated carbocycles. The first-order valence-corrected chi connectivity index (χ1v) is 13.2. The lowest BCUT2D eigenvalue weighted by atomic mass is 10.3. The lowest BCUT2D eigenvalue weighted by molar-refractivity contribution is 0.955. The van der Waals surface area contributed by atoms with Crippen molar-refractivity contribution >= 4 is 7.26 Å². The molecule has 0 aromatic heterocycles. The molecule has 144 valence electrons. The molecule has 1 heteroatoms. The van der Waals surface area contributed by atoms with E-state index in [0.717, 1.165) is 0 Å². The van der Waals surface area contributed by atoms with Gasteiger partial charge in [0.05, 0.1) is 24.6 Å². The molecule has 0 heterocycles. The molecule has 25 heavy (non-hydrogen) atoms. The molecule has 0 spiro atoms. The summed E-state index contributed by atoms with van der Waals surface area (Å²) in [5.41, 5.74) is 0. The van der Waals surface area contributed by atoms with E-state index in [9.17, 15) is 0 Å². The molecule has 0 unspecified atom stereocenters. The van der Waals surface area contributed by atoms with E-state index < -0.39 is 7.26 Å². The zero-order valence-corrected chi connectivity index (χ0v) is 18.4. The second-order valence-corrected chi connectivity index (χ2v) is 11.3. The van der Waals surface area contributed by atoms with Crippen LogP contribution in [0.1, 0.15) is 79.1 Å². The van der Waals surface area contributed by atoms with E-state index in [-0.39, 0.29) is 0 Å². The SMILES string of the molecule is CCCC=CC[P+](CC=CCCC)(CC=CCCC)CC=CCCC. The number of hydrogen-bond donors (Lipinski definition) is 0. The van der Waals surface area contributed by atoms with Crippen LogP contribution in [-0.4, -0.2) is 24.6 Å². The largest absolute Gasteiger partial charge is 0.0850 e. The van der Waals surface area contributed by atoms with Crippen LogP contribution in [-0.2, 0) is 0 Å². The van der Waals surface area contributed by atoms with Crippen LogP contribution < -0.4 is 0 Å². The van der Waals surface area contributed by atoms with Gasteiger partial charge < -0.3 is 0 Å². The summed E-state index contributed by atoms with van der Waals surface area (Å²) in [5.74, 6) is 0. The molecule has 0 aromatic rings. The van der Waals surface area contributed by atoms with E-state index in [1.54, 1.807) is 0 Å². The van der Waals surface area contributed by atoms with Crippen LogP contribution >= 0.6 is 7.26 Å². The maximum atomic E-state index is 2.49. The van der Waals surface area contributed by atoms with Gasteiger partial charge in [-0.15, -0.1) is 0 Å². The van der Waals surface area contributed by atoms with Crippen molar-refractivity contribution in [2.75, 3.05) is 24.6 Å². The van der Waals surface area contributed by atoms with Gasteiger partial charge in [-0.05, 0) is 25.7 Å². The standard InChI is InChI=1S/C24H44P/c1-5-9-13-17-21-25(22-18-14-10-6-2,23-19-15-11-7-3)24-20-16-12-8-4/h13-20H,5-12,21-24H2,1-4H3/q+1. The predicted molar refractivity (Wildman–Crippen MR) is 123 cm³/mol. The molecule has 0 aliphatic heterocycles. The van der Waals surface area contributed by atoms with Crippen molar-refractivity contribution in [2.45, 2.75) is 79.1 Å². The van der Waals surface area contributed by atoms with Gasteiger partial charge in [0.1, 0.15) is 0 Å². The number of rotatable bonds is 16. The highest BCUT2D eigenvalue weighted by molar-refractivity contribution is 7.76. The zero-order chi connectivity index (χ0) is 18.6. The average Bonchev–Trinajstić information content (AvgIpc) is 2.63. The smallest absolute Gasteiger partial charge is 0.0782 e. The van der Waals surface area contributed by atoms with Crippen LogP contribution in [0.25, 0.3) is 0 Å². The van der Waals surface area contributed by atoms with Crippen molar-refractivity contribution in [2.24, 2.45) is 0 Å². The molecule has 0 rings (SSSR count). The third kappa shape index (κ3) is 14.3. The molecular formula is C24H44P+. The van der Waals surface area contributed by atoms with Crippen LogP contribution in [0.4, 0.5) is 0 Å². The van der Waals surface area contributed by atoms with E-state index in [4.69, 9.17) is 0 Å². The first-order chi connectivity index (χ1) is 12.2. The number of hydrogen-bond acceptors (Lipinski definition) is 0. The number of allylic oxidation sites excluding steroid dienone is 8. The molecule has 0 N–H and O–H groups in total. The van der Waals surface area contributed by atoms with Gasteiger partial charge in [-0.3, -0.25) is 0 Å². The highest BCUT2D eigenvalue weighted by Crippen LogP contribution is 2.59. The Bertz CT molecular complexity index is 309. The Morgan fingerprint density at radius 3 is 0.840 bits per heavy atom. The normalized spacial score (nSPS) is 15.2. The first-order valence-electron chi connectivity index (χ1n) is 10.7. The summed E-state index contributed by atoms with van der Waals surface area (Å²) in [7, 11) is -1.00. The summed E-state index contributed by atoms with van der Waals surface area (Å²) in [5, 5.41) is 0. The molecule has 0 bridgehead atoms. The molecule has 0 aliphatic rings. The Hall–Kier alpha value is -0.610. The number of unbranched alkanes of at least 4 members (excludes halogenated alkanes) is 4. The minimum Gasteiger partial charge on any atom is -0.0850 e. The second-order valence-electron chi connectivity index (χ2n) is 7.11. The third-order valence-corrected chi connectivity index (χ3v) is 8.40. The average molecular weight is 364 g/mol. The van der Waals surface area contributed by atoms with Gasteiger partial charge in [0.2, 0.25) is 0 Å². The monoisotopic (exact) mass is 363 g/mol. The molecule has 0 amide bonds. The summed E-state index contributed by atoms with van der Waals surface area (Å²) >= 11 is 0. The van der Waals surface area contributed by atoms with Crippen LogP contribution in [0.15, 0.2) is 48.6 Å². The van der Waals surface area contributed by atoms with E-state index in [1.165, 1.54) is 76.0 Å². The van der Waals surface area contributed by atoms with Gasteiger partial charge in [0.25, 0.3) is 0 Å². The van der Waals surface area contributed by atoms with Gasteiger partial charge in [-0.2, -0.15) is 0 Å². The van der Waals surface area contributed by atoms with E-state index in [2.05, 4.69) is 76.3 Å². The van der Waals surface area contributed by atoms with E-state index in [1.807, 2.05) is 0 Å². The maximum absolute atomic E-state index is 2.49. The van der Waals surface area contributed by atoms with Gasteiger partial charge in [0.15, 0.2) is 0 Å². The minimum atomic E-state index is -1.00. The molecule has 0 aliphatic carbocycles. The van der Waals surface area contributed by atoms with Crippen molar-refractivity contribution in [3.8, 4) is 0 Å². The summed E-state index contributed by atoms with van der Waals surface area (Å²) in [6.45, 7) is 9.06. The van der Waals surface area contributed by atoms with Crippen LogP contribution in [0.2, 0.25) is 0 Å². The Morgan fingerprint density at radius 1 is 0.400 bits per heavy atom. The molecule has 0 radical (unpaired) electrons. The van der Waals surface area contributed by atoms with Gasteiger partial charge in [-0.1, -0.05) is 102 Å². The zero-order valence-electron chi connectivity index (χ0n) is 17.6. The quantitative estimate of drug-likeness (QED) is 0.191. The van der Waals surface area contributed by atoms with Crippen LogP contribution in [0.3, 0.4) is 0 Å². The van der Waals surface area contributed by atoms with Crippen LogP contribution in [0.5, 0.6) is 0 Å². The molecule has 0 nitrogen and oxygen atoms in total. The summed E-state index contributed by atoms with van der Waals surface area (Å²) in [4.78, 5) is 0. The lowest BCUT2D eigenvalue weighted by Crippen LogP contribution is -2.08. The summed E-state index contributed by atoms with van der Waals surface area (Å²) < 4.78 is 0. The first kappa shape index (κ1) is 24.4. The third-order valence-electron chi connectivity index (χ3n) is 4.46. The molecule has 0 atom stereocenters. The Balaban J connectivity index is 5.11. The molecule has 0 aromatic carbocycles. The maximum Gasteiger partial charge on any atom is 0.0782 e. The minimum absolute atomic E-state index is 1.00. The van der Waals surface area contributed by atoms with Crippen molar-refractivity contribution in [3.63, 3.8) is 0 Å². The van der Waals surface area contributed by atoms with Gasteiger partial charge in [0, 0.05) is 7.26 Å². The van der Waals surface area contributed by atoms with Crippen LogP contribution in [0, 0.1) is 0 Å². The Morgan fingerprint density at radius 2 is 0.640 bits per heavy atom. The molecule has 0 saturated heterocycles. The fourth-order valence-corrected chi connectivity index (χ4v) is 6.06. The highest BCUT2D eigenvalue weighted by atomic mass is 31.2. The van der Waals surface area contributed by atoms with Gasteiger partial charge in [-0.25, -0.2) is 0 Å². The summed E-state index contributed by atoms with van der Waals surface area (Å²) in [6.07, 6.45) is 34.7. The Kier molecular flexibility index (Phi) is 17.7.